The quantitative estimate of drug-likeness (QED) is 0.553. The Labute approximate surface area is 159 Å². The Hall–Kier alpha value is -3.34. The number of aromatic nitrogens is 1. The van der Waals surface area contributed by atoms with E-state index in [0.717, 1.165) is 17.2 Å². The third-order valence-electron chi connectivity index (χ3n) is 4.05. The summed E-state index contributed by atoms with van der Waals surface area (Å²) in [6.45, 7) is 6.54. The van der Waals surface area contributed by atoms with Gasteiger partial charge in [-0.15, -0.1) is 0 Å². The second kappa shape index (κ2) is 7.91. The van der Waals surface area contributed by atoms with Gasteiger partial charge in [0.2, 0.25) is 0 Å². The van der Waals surface area contributed by atoms with E-state index in [-0.39, 0.29) is 11.4 Å². The molecule has 3 rings (SSSR count). The first-order chi connectivity index (χ1) is 12.9. The molecular formula is C22H24N4O. The molecule has 0 aliphatic heterocycles. The highest BCUT2D eigenvalue weighted by molar-refractivity contribution is 5.99. The van der Waals surface area contributed by atoms with E-state index in [1.54, 1.807) is 6.20 Å². The van der Waals surface area contributed by atoms with E-state index in [9.17, 15) is 4.79 Å². The minimum atomic E-state index is -0.304. The predicted octanol–water partition coefficient (Wildman–Crippen LogP) is 5.77. The zero-order valence-electron chi connectivity index (χ0n) is 15.8. The summed E-state index contributed by atoms with van der Waals surface area (Å²) >= 11 is 0. The normalized spacial score (nSPS) is 10.9. The second-order valence-corrected chi connectivity index (χ2v) is 7.30. The fourth-order valence-electron chi connectivity index (χ4n) is 2.74. The number of carbonyl (C=O) groups is 1. The molecule has 0 spiro atoms. The summed E-state index contributed by atoms with van der Waals surface area (Å²) in [5, 5.41) is 8.91. The molecule has 0 aliphatic rings. The van der Waals surface area contributed by atoms with Crippen LogP contribution < -0.4 is 16.0 Å². The lowest BCUT2D eigenvalue weighted by molar-refractivity contribution is 0.262. The number of anilines is 4. The molecule has 0 saturated heterocycles. The second-order valence-electron chi connectivity index (χ2n) is 7.30. The van der Waals surface area contributed by atoms with Gasteiger partial charge in [0.15, 0.2) is 0 Å². The van der Waals surface area contributed by atoms with Gasteiger partial charge in [0.25, 0.3) is 0 Å². The van der Waals surface area contributed by atoms with Crippen LogP contribution >= 0.6 is 0 Å². The molecule has 0 saturated carbocycles. The lowest BCUT2D eigenvalue weighted by Crippen LogP contribution is -2.19. The number of nitrogens with one attached hydrogen (secondary N) is 3. The highest BCUT2D eigenvalue weighted by Gasteiger charge is 2.17. The van der Waals surface area contributed by atoms with Gasteiger partial charge in [0, 0.05) is 11.4 Å². The van der Waals surface area contributed by atoms with Crippen LogP contribution in [0.15, 0.2) is 72.9 Å². The molecule has 0 aliphatic carbocycles. The molecule has 3 aromatic rings. The molecule has 2 aromatic carbocycles. The van der Waals surface area contributed by atoms with Crippen LogP contribution in [-0.2, 0) is 5.41 Å². The van der Waals surface area contributed by atoms with Crippen molar-refractivity contribution >= 4 is 28.9 Å². The topological polar surface area (TPSA) is 66.0 Å². The van der Waals surface area contributed by atoms with Crippen LogP contribution in [-0.4, -0.2) is 11.0 Å². The maximum Gasteiger partial charge on any atom is 0.323 e. The largest absolute Gasteiger partial charge is 0.340 e. The van der Waals surface area contributed by atoms with E-state index in [4.69, 9.17) is 0 Å². The molecule has 0 bridgehead atoms. The summed E-state index contributed by atoms with van der Waals surface area (Å²) in [6.07, 6.45) is 1.63. The number of hydrogen-bond donors (Lipinski definition) is 3. The smallest absolute Gasteiger partial charge is 0.323 e. The zero-order chi connectivity index (χ0) is 19.3. The molecule has 0 atom stereocenters. The molecule has 2 amide bonds. The van der Waals surface area contributed by atoms with Gasteiger partial charge in [-0.3, -0.25) is 0 Å². The molecule has 3 N–H and O–H groups in total. The monoisotopic (exact) mass is 360 g/mol. The number of pyridine rings is 1. The van der Waals surface area contributed by atoms with Gasteiger partial charge < -0.3 is 16.0 Å². The summed E-state index contributed by atoms with van der Waals surface area (Å²) < 4.78 is 0. The van der Waals surface area contributed by atoms with Crippen LogP contribution in [0.2, 0.25) is 0 Å². The number of amides is 2. The number of nitrogens with zero attached hydrogens (tertiary/aromatic N) is 1. The number of rotatable bonds is 4. The Bertz CT molecular complexity index is 900. The van der Waals surface area contributed by atoms with E-state index in [1.165, 1.54) is 5.56 Å². The standard InChI is InChI=1S/C22H24N4O/c1-22(2,3)18-11-7-8-12-19(18)26-20-14-13-17(15-23-20)25-21(27)24-16-9-5-4-6-10-16/h4-15H,1-3H3,(H,23,26)(H2,24,25,27). The maximum absolute atomic E-state index is 12.0. The summed E-state index contributed by atoms with van der Waals surface area (Å²) in [5.41, 5.74) is 3.63. The van der Waals surface area contributed by atoms with Crippen LogP contribution in [0, 0.1) is 0 Å². The van der Waals surface area contributed by atoms with Crippen molar-refractivity contribution in [3.8, 4) is 0 Å². The van der Waals surface area contributed by atoms with Gasteiger partial charge >= 0.3 is 6.03 Å². The Morgan fingerprint density at radius 3 is 2.15 bits per heavy atom. The number of urea groups is 1. The molecule has 5 nitrogen and oxygen atoms in total. The van der Waals surface area contributed by atoms with Gasteiger partial charge in [-0.05, 0) is 41.3 Å². The molecule has 0 unspecified atom stereocenters. The van der Waals surface area contributed by atoms with Gasteiger partial charge in [0.1, 0.15) is 5.82 Å². The van der Waals surface area contributed by atoms with Crippen LogP contribution in [0.4, 0.5) is 27.7 Å². The highest BCUT2D eigenvalue weighted by Crippen LogP contribution is 2.30. The molecule has 0 fully saturated rings. The molecule has 1 aromatic heterocycles. The summed E-state index contributed by atoms with van der Waals surface area (Å²) in [6, 6.07) is 20.9. The maximum atomic E-state index is 12.0. The molecule has 0 radical (unpaired) electrons. The van der Waals surface area contributed by atoms with Gasteiger partial charge in [-0.25, -0.2) is 9.78 Å². The number of para-hydroxylation sites is 2. The third-order valence-corrected chi connectivity index (χ3v) is 4.05. The van der Waals surface area contributed by atoms with Crippen molar-refractivity contribution in [3.63, 3.8) is 0 Å². The van der Waals surface area contributed by atoms with Crippen molar-refractivity contribution in [3.05, 3.63) is 78.5 Å². The van der Waals surface area contributed by atoms with Crippen LogP contribution in [0.1, 0.15) is 26.3 Å². The zero-order valence-corrected chi connectivity index (χ0v) is 15.8. The Morgan fingerprint density at radius 2 is 1.48 bits per heavy atom. The van der Waals surface area contributed by atoms with Crippen molar-refractivity contribution in [1.82, 2.24) is 4.98 Å². The van der Waals surface area contributed by atoms with Gasteiger partial charge in [0.05, 0.1) is 11.9 Å². The molecule has 5 heteroatoms. The number of carbonyl (C=O) groups excluding carboxylic acids is 1. The average Bonchev–Trinajstić information content (AvgIpc) is 2.64. The summed E-state index contributed by atoms with van der Waals surface area (Å²) in [7, 11) is 0. The van der Waals surface area contributed by atoms with Crippen molar-refractivity contribution in [1.29, 1.82) is 0 Å². The molecule has 27 heavy (non-hydrogen) atoms. The number of hydrogen-bond acceptors (Lipinski definition) is 3. The van der Waals surface area contributed by atoms with Crippen LogP contribution in [0.5, 0.6) is 0 Å². The Morgan fingerprint density at radius 1 is 0.815 bits per heavy atom. The minimum absolute atomic E-state index is 0.0284. The first kappa shape index (κ1) is 18.5. The van der Waals surface area contributed by atoms with Gasteiger partial charge in [-0.1, -0.05) is 57.2 Å². The molecular weight excluding hydrogens is 336 g/mol. The summed E-state index contributed by atoms with van der Waals surface area (Å²) in [5.74, 6) is 0.723. The Balaban J connectivity index is 1.65. The van der Waals surface area contributed by atoms with Crippen molar-refractivity contribution in [2.45, 2.75) is 26.2 Å². The number of benzene rings is 2. The lowest BCUT2D eigenvalue weighted by Gasteiger charge is -2.23. The Kier molecular flexibility index (Phi) is 5.41. The van der Waals surface area contributed by atoms with E-state index in [2.05, 4.69) is 47.8 Å². The predicted molar refractivity (Wildman–Crippen MR) is 112 cm³/mol. The van der Waals surface area contributed by atoms with Gasteiger partial charge in [-0.2, -0.15) is 0 Å². The van der Waals surface area contributed by atoms with E-state index >= 15 is 0 Å². The summed E-state index contributed by atoms with van der Waals surface area (Å²) in [4.78, 5) is 16.5. The van der Waals surface area contributed by atoms with Crippen LogP contribution in [0.3, 0.4) is 0 Å². The molecule has 138 valence electrons. The first-order valence-electron chi connectivity index (χ1n) is 8.87. The van der Waals surface area contributed by atoms with E-state index in [0.29, 0.717) is 5.69 Å². The van der Waals surface area contributed by atoms with Crippen LogP contribution in [0.25, 0.3) is 0 Å². The SMILES string of the molecule is CC(C)(C)c1ccccc1Nc1ccc(NC(=O)Nc2ccccc2)cn1. The fourth-order valence-corrected chi connectivity index (χ4v) is 2.74. The first-order valence-corrected chi connectivity index (χ1v) is 8.87. The average molecular weight is 360 g/mol. The molecule has 1 heterocycles. The van der Waals surface area contributed by atoms with Crippen molar-refractivity contribution in [2.24, 2.45) is 0 Å². The van der Waals surface area contributed by atoms with Crippen molar-refractivity contribution in [2.75, 3.05) is 16.0 Å². The highest BCUT2D eigenvalue weighted by atomic mass is 16.2. The fraction of sp³-hybridized carbons (Fsp3) is 0.182. The third kappa shape index (κ3) is 5.07. The minimum Gasteiger partial charge on any atom is -0.340 e. The lowest BCUT2D eigenvalue weighted by atomic mass is 9.86. The van der Waals surface area contributed by atoms with Crippen molar-refractivity contribution < 1.29 is 4.79 Å². The van der Waals surface area contributed by atoms with E-state index in [1.807, 2.05) is 60.7 Å². The van der Waals surface area contributed by atoms with E-state index < -0.39 is 0 Å².